The molecule has 3 rings (SSSR count). The smallest absolute Gasteiger partial charge is 0.252 e. The molecule has 1 amide bonds. The monoisotopic (exact) mass is 435 g/mol. The van der Waals surface area contributed by atoms with Crippen molar-refractivity contribution in [3.63, 3.8) is 0 Å². The largest absolute Gasteiger partial charge is 0.368 e. The van der Waals surface area contributed by atoms with Crippen LogP contribution in [0.3, 0.4) is 0 Å². The van der Waals surface area contributed by atoms with Crippen molar-refractivity contribution >= 4 is 11.6 Å². The molecule has 174 valence electrons. The molecule has 2 aromatic rings. The Balaban J connectivity index is 2.04. The molecule has 1 fully saturated rings. The number of carbonyl (C=O) groups excluding carboxylic acids is 1. The van der Waals surface area contributed by atoms with Gasteiger partial charge in [0.2, 0.25) is 0 Å². The van der Waals surface area contributed by atoms with Crippen molar-refractivity contribution in [3.8, 4) is 11.1 Å². The van der Waals surface area contributed by atoms with Crippen molar-refractivity contribution in [2.75, 3.05) is 25.0 Å². The van der Waals surface area contributed by atoms with Crippen LogP contribution in [0.25, 0.3) is 11.1 Å². The number of rotatable bonds is 5. The molecular formula is C28H41N3O. The van der Waals surface area contributed by atoms with Crippen LogP contribution in [0.2, 0.25) is 0 Å². The van der Waals surface area contributed by atoms with E-state index in [2.05, 4.69) is 88.8 Å². The highest BCUT2D eigenvalue weighted by molar-refractivity contribution is 6.04. The van der Waals surface area contributed by atoms with Gasteiger partial charge in [0.1, 0.15) is 0 Å². The van der Waals surface area contributed by atoms with Crippen LogP contribution in [-0.4, -0.2) is 48.6 Å². The van der Waals surface area contributed by atoms with Gasteiger partial charge in [-0.3, -0.25) is 9.69 Å². The molecule has 2 atom stereocenters. The van der Waals surface area contributed by atoms with Crippen molar-refractivity contribution < 1.29 is 4.79 Å². The van der Waals surface area contributed by atoms with Gasteiger partial charge < -0.3 is 10.2 Å². The van der Waals surface area contributed by atoms with Gasteiger partial charge in [-0.25, -0.2) is 0 Å². The van der Waals surface area contributed by atoms with E-state index < -0.39 is 0 Å². The first kappa shape index (κ1) is 24.3. The Hall–Kier alpha value is -2.33. The molecule has 4 heteroatoms. The Bertz CT molecular complexity index is 917. The Labute approximate surface area is 195 Å². The molecule has 0 aromatic heterocycles. The van der Waals surface area contributed by atoms with Crippen LogP contribution in [0.1, 0.15) is 65.2 Å². The van der Waals surface area contributed by atoms with E-state index in [9.17, 15) is 4.79 Å². The molecule has 2 unspecified atom stereocenters. The van der Waals surface area contributed by atoms with E-state index in [4.69, 9.17) is 0 Å². The summed E-state index contributed by atoms with van der Waals surface area (Å²) in [5, 5.41) is 3.33. The normalized spacial score (nSPS) is 20.3. The van der Waals surface area contributed by atoms with Crippen LogP contribution in [0.4, 0.5) is 5.69 Å². The molecule has 1 saturated heterocycles. The van der Waals surface area contributed by atoms with Crippen LogP contribution >= 0.6 is 0 Å². The van der Waals surface area contributed by atoms with Gasteiger partial charge in [-0.2, -0.15) is 0 Å². The number of likely N-dealkylation sites (N-methyl/N-ethyl adjacent to an activating group) is 1. The zero-order valence-electron chi connectivity index (χ0n) is 21.2. The molecule has 4 nitrogen and oxygen atoms in total. The van der Waals surface area contributed by atoms with Gasteiger partial charge in [-0.05, 0) is 64.3 Å². The highest BCUT2D eigenvalue weighted by Gasteiger charge is 2.31. The van der Waals surface area contributed by atoms with E-state index >= 15 is 0 Å². The summed E-state index contributed by atoms with van der Waals surface area (Å²) >= 11 is 0. The Morgan fingerprint density at radius 1 is 0.938 bits per heavy atom. The number of carbonyl (C=O) groups is 1. The molecule has 2 aromatic carbocycles. The minimum atomic E-state index is -0.295. The van der Waals surface area contributed by atoms with Gasteiger partial charge in [0.15, 0.2) is 0 Å². The minimum absolute atomic E-state index is 0.00447. The van der Waals surface area contributed by atoms with Gasteiger partial charge in [0.25, 0.3) is 5.91 Å². The number of hydrogen-bond acceptors (Lipinski definition) is 3. The van der Waals surface area contributed by atoms with Crippen LogP contribution in [0, 0.1) is 5.41 Å². The summed E-state index contributed by atoms with van der Waals surface area (Å²) in [5.74, 6) is -0.00447. The fraction of sp³-hybridized carbons (Fsp3) is 0.536. The first-order valence-electron chi connectivity index (χ1n) is 11.9. The van der Waals surface area contributed by atoms with E-state index in [1.807, 2.05) is 30.3 Å². The van der Waals surface area contributed by atoms with Crippen LogP contribution in [0.15, 0.2) is 48.5 Å². The van der Waals surface area contributed by atoms with Crippen molar-refractivity contribution in [1.82, 2.24) is 10.2 Å². The second-order valence-electron chi connectivity index (χ2n) is 11.4. The highest BCUT2D eigenvalue weighted by atomic mass is 16.1. The summed E-state index contributed by atoms with van der Waals surface area (Å²) < 4.78 is 0. The zero-order chi connectivity index (χ0) is 23.7. The molecule has 0 saturated carbocycles. The zero-order valence-corrected chi connectivity index (χ0v) is 21.2. The lowest BCUT2D eigenvalue weighted by atomic mass is 9.81. The third kappa shape index (κ3) is 5.72. The molecule has 0 spiro atoms. The van der Waals surface area contributed by atoms with E-state index in [1.54, 1.807) is 0 Å². The molecule has 32 heavy (non-hydrogen) atoms. The number of piperazine rings is 1. The number of hydrogen-bond donors (Lipinski definition) is 1. The second kappa shape index (κ2) is 9.27. The van der Waals surface area contributed by atoms with Gasteiger partial charge in [-0.1, -0.05) is 57.2 Å². The van der Waals surface area contributed by atoms with Gasteiger partial charge in [0.05, 0.1) is 0 Å². The summed E-state index contributed by atoms with van der Waals surface area (Å²) in [6.07, 6.45) is 0.902. The number of nitrogens with one attached hydrogen (secondary N) is 1. The lowest BCUT2D eigenvalue weighted by molar-refractivity contribution is 0.0892. The lowest BCUT2D eigenvalue weighted by Crippen LogP contribution is -2.55. The molecule has 0 aliphatic carbocycles. The summed E-state index contributed by atoms with van der Waals surface area (Å²) in [6, 6.07) is 17.4. The third-order valence-electron chi connectivity index (χ3n) is 6.47. The van der Waals surface area contributed by atoms with Gasteiger partial charge in [-0.15, -0.1) is 0 Å². The molecule has 1 N–H and O–H groups in total. The number of anilines is 1. The number of nitrogens with zero attached hydrogens (tertiary/aromatic N) is 2. The summed E-state index contributed by atoms with van der Waals surface area (Å²) in [4.78, 5) is 18.5. The third-order valence-corrected chi connectivity index (χ3v) is 6.47. The predicted octanol–water partition coefficient (Wildman–Crippen LogP) is 5.83. The van der Waals surface area contributed by atoms with Crippen molar-refractivity contribution in [3.05, 3.63) is 54.1 Å². The van der Waals surface area contributed by atoms with Gasteiger partial charge in [0, 0.05) is 47.5 Å². The SMILES string of the molecule is CC1CN(c2cccc(C(=O)NC(C)(C)CC(C)(C)C)c2-c2ccccc2)CC(C)N1C. The molecule has 0 bridgehead atoms. The van der Waals surface area contributed by atoms with Gasteiger partial charge >= 0.3 is 0 Å². The second-order valence-corrected chi connectivity index (χ2v) is 11.4. The van der Waals surface area contributed by atoms with E-state index in [-0.39, 0.29) is 16.9 Å². The fourth-order valence-corrected chi connectivity index (χ4v) is 5.25. The molecule has 0 radical (unpaired) electrons. The van der Waals surface area contributed by atoms with Crippen LogP contribution < -0.4 is 10.2 Å². The van der Waals surface area contributed by atoms with E-state index in [0.717, 1.165) is 41.9 Å². The van der Waals surface area contributed by atoms with E-state index in [1.165, 1.54) is 0 Å². The van der Waals surface area contributed by atoms with Crippen molar-refractivity contribution in [2.45, 2.75) is 72.5 Å². The standard InChI is InChI=1S/C28H41N3O/c1-20-17-31(18-21(2)30(20)8)24-16-12-15-23(25(24)22-13-10-9-11-14-22)26(32)29-28(6,7)19-27(3,4)5/h9-16,20-21H,17-19H2,1-8H3,(H,29,32). The molecular weight excluding hydrogens is 394 g/mol. The minimum Gasteiger partial charge on any atom is -0.368 e. The van der Waals surface area contributed by atoms with Crippen LogP contribution in [-0.2, 0) is 0 Å². The lowest BCUT2D eigenvalue weighted by Gasteiger charge is -2.44. The summed E-state index contributed by atoms with van der Waals surface area (Å²) in [5.41, 5.74) is 3.84. The van der Waals surface area contributed by atoms with Crippen LogP contribution in [0.5, 0.6) is 0 Å². The number of amides is 1. The first-order chi connectivity index (χ1) is 14.9. The maximum atomic E-state index is 13.6. The maximum absolute atomic E-state index is 13.6. The fourth-order valence-electron chi connectivity index (χ4n) is 5.25. The molecule has 1 aliphatic heterocycles. The van der Waals surface area contributed by atoms with E-state index in [0.29, 0.717) is 12.1 Å². The topological polar surface area (TPSA) is 35.6 Å². The average molecular weight is 436 g/mol. The Kier molecular flexibility index (Phi) is 7.04. The highest BCUT2D eigenvalue weighted by Crippen LogP contribution is 2.36. The van der Waals surface area contributed by atoms with Crippen molar-refractivity contribution in [1.29, 1.82) is 0 Å². The quantitative estimate of drug-likeness (QED) is 0.642. The molecule has 1 heterocycles. The maximum Gasteiger partial charge on any atom is 0.252 e. The Morgan fingerprint density at radius 2 is 1.53 bits per heavy atom. The average Bonchev–Trinajstić information content (AvgIpc) is 2.69. The first-order valence-corrected chi connectivity index (χ1v) is 11.9. The Morgan fingerprint density at radius 3 is 2.09 bits per heavy atom. The summed E-state index contributed by atoms with van der Waals surface area (Å²) in [6.45, 7) is 17.3. The predicted molar refractivity (Wildman–Crippen MR) is 136 cm³/mol. The summed E-state index contributed by atoms with van der Waals surface area (Å²) in [7, 11) is 2.20. The number of benzene rings is 2. The molecule has 1 aliphatic rings. The van der Waals surface area contributed by atoms with Crippen molar-refractivity contribution in [2.24, 2.45) is 5.41 Å².